The topological polar surface area (TPSA) is 6.48 Å². The van der Waals surface area contributed by atoms with Gasteiger partial charge in [-0.15, -0.1) is 0 Å². The molecule has 2 fully saturated rings. The molecule has 2 heterocycles. The predicted octanol–water partition coefficient (Wildman–Crippen LogP) is 11.8. The molecule has 13 rings (SSSR count). The van der Waals surface area contributed by atoms with Crippen LogP contribution in [0.4, 0.5) is 34.1 Å². The van der Waals surface area contributed by atoms with Crippen LogP contribution >= 0.6 is 0 Å². The molecule has 7 aromatic rings. The Labute approximate surface area is 330 Å². The highest BCUT2D eigenvalue weighted by atomic mass is 15.2. The fraction of sp³-hybridized carbons (Fsp3) is 0.208. The second-order valence-electron chi connectivity index (χ2n) is 17.4. The quantitative estimate of drug-likeness (QED) is 0.164. The lowest BCUT2D eigenvalue weighted by Gasteiger charge is -2.45. The van der Waals surface area contributed by atoms with E-state index in [0.29, 0.717) is 0 Å². The first-order valence-electron chi connectivity index (χ1n) is 21.2. The van der Waals surface area contributed by atoms with E-state index in [1.54, 1.807) is 16.7 Å². The summed E-state index contributed by atoms with van der Waals surface area (Å²) in [6, 6.07) is 58.8. The molecule has 0 bridgehead atoms. The summed E-state index contributed by atoms with van der Waals surface area (Å²) >= 11 is 0. The zero-order chi connectivity index (χ0) is 36.6. The monoisotopic (exact) mass is 718 g/mol. The molecular formula is C53H43BN2. The summed E-state index contributed by atoms with van der Waals surface area (Å²) in [6.45, 7) is 0.102. The molecule has 4 aliphatic carbocycles. The Bertz CT molecular complexity index is 2770. The molecule has 0 atom stereocenters. The standard InChI is InChI=1S/C53H43BN2/c1-3-16-35(17-4-1)55-45-23-10-9-22-44(45)54-50-46(55)24-15-25-47(50)56(36-26-27-38-37-18-5-7-20-40(37)53(43(38)34-36)32-13-14-33-53)48-29-28-42-49(51(48)54)39-19-6-8-21-41(39)52(42)30-11-2-12-31-52/h1,3-10,15-29,34H,2,11-14,30-33H2. The SMILES string of the molecule is c1ccc(N2c3ccccc3B3c4c2cccc4N(c2ccc4c(c2)C2(CCCC2)c2ccccc2-4)c2ccc4c(c23)-c2ccccc2C42CCCCC2)cc1. The molecule has 56 heavy (non-hydrogen) atoms. The highest BCUT2D eigenvalue weighted by Crippen LogP contribution is 2.60. The summed E-state index contributed by atoms with van der Waals surface area (Å²) in [5, 5.41) is 0. The largest absolute Gasteiger partial charge is 0.311 e. The van der Waals surface area contributed by atoms with Crippen molar-refractivity contribution in [3.63, 3.8) is 0 Å². The van der Waals surface area contributed by atoms with Crippen LogP contribution in [0.3, 0.4) is 0 Å². The predicted molar refractivity (Wildman–Crippen MR) is 234 cm³/mol. The first-order chi connectivity index (χ1) is 27.8. The van der Waals surface area contributed by atoms with E-state index in [1.807, 2.05) is 0 Å². The van der Waals surface area contributed by atoms with Crippen molar-refractivity contribution >= 4 is 57.2 Å². The molecule has 0 radical (unpaired) electrons. The lowest BCUT2D eigenvalue weighted by atomic mass is 9.32. The van der Waals surface area contributed by atoms with Crippen LogP contribution in [0.25, 0.3) is 22.3 Å². The molecule has 0 N–H and O–H groups in total. The van der Waals surface area contributed by atoms with Crippen molar-refractivity contribution in [3.05, 3.63) is 174 Å². The Morgan fingerprint density at radius 1 is 0.375 bits per heavy atom. The first kappa shape index (κ1) is 31.4. The molecule has 3 heteroatoms. The van der Waals surface area contributed by atoms with Crippen LogP contribution in [0.5, 0.6) is 0 Å². The minimum absolute atomic E-state index is 0.0856. The van der Waals surface area contributed by atoms with E-state index in [9.17, 15) is 0 Å². The molecule has 0 saturated heterocycles. The van der Waals surface area contributed by atoms with Gasteiger partial charge in [0.15, 0.2) is 0 Å². The Hall–Kier alpha value is -5.80. The highest BCUT2D eigenvalue weighted by molar-refractivity contribution is 7.01. The first-order valence-corrected chi connectivity index (χ1v) is 21.2. The zero-order valence-electron chi connectivity index (χ0n) is 31.8. The van der Waals surface area contributed by atoms with Gasteiger partial charge in [-0.3, -0.25) is 0 Å². The van der Waals surface area contributed by atoms with Gasteiger partial charge in [0.2, 0.25) is 0 Å². The van der Waals surface area contributed by atoms with Gasteiger partial charge in [-0.2, -0.15) is 0 Å². The summed E-state index contributed by atoms with van der Waals surface area (Å²) in [5.41, 5.74) is 24.2. The molecule has 7 aromatic carbocycles. The second kappa shape index (κ2) is 11.4. The van der Waals surface area contributed by atoms with Crippen LogP contribution in [0.1, 0.15) is 80.0 Å². The summed E-state index contributed by atoms with van der Waals surface area (Å²) in [6.07, 6.45) is 11.4. The van der Waals surface area contributed by atoms with Crippen molar-refractivity contribution < 1.29 is 0 Å². The van der Waals surface area contributed by atoms with Crippen molar-refractivity contribution in [2.45, 2.75) is 68.6 Å². The van der Waals surface area contributed by atoms with Gasteiger partial charge in [-0.25, -0.2) is 0 Å². The number of nitrogens with zero attached hydrogens (tertiary/aromatic N) is 2. The normalized spacial score (nSPS) is 18.2. The number of rotatable bonds is 2. The number of para-hydroxylation sites is 2. The van der Waals surface area contributed by atoms with Gasteiger partial charge in [-0.1, -0.05) is 135 Å². The summed E-state index contributed by atoms with van der Waals surface area (Å²) in [5.74, 6) is 0. The summed E-state index contributed by atoms with van der Waals surface area (Å²) in [4.78, 5) is 5.20. The van der Waals surface area contributed by atoms with Crippen molar-refractivity contribution in [2.75, 3.05) is 9.80 Å². The van der Waals surface area contributed by atoms with Crippen LogP contribution in [-0.4, -0.2) is 6.71 Å². The van der Waals surface area contributed by atoms with Crippen LogP contribution in [0.15, 0.2) is 152 Å². The second-order valence-corrected chi connectivity index (χ2v) is 17.4. The smallest absolute Gasteiger partial charge is 0.252 e. The van der Waals surface area contributed by atoms with E-state index >= 15 is 0 Å². The number of anilines is 6. The Morgan fingerprint density at radius 3 is 1.73 bits per heavy atom. The number of hydrogen-bond donors (Lipinski definition) is 0. The maximum Gasteiger partial charge on any atom is 0.252 e. The van der Waals surface area contributed by atoms with E-state index in [4.69, 9.17) is 0 Å². The molecule has 0 amide bonds. The van der Waals surface area contributed by atoms with Crippen LogP contribution in [0.2, 0.25) is 0 Å². The van der Waals surface area contributed by atoms with Gasteiger partial charge in [0.1, 0.15) is 0 Å². The Kier molecular flexibility index (Phi) is 6.39. The third-order valence-corrected chi connectivity index (χ3v) is 15.0. The minimum Gasteiger partial charge on any atom is -0.311 e. The molecule has 6 aliphatic rings. The van der Waals surface area contributed by atoms with Gasteiger partial charge in [0.25, 0.3) is 6.71 Å². The third-order valence-electron chi connectivity index (χ3n) is 15.0. The fourth-order valence-electron chi connectivity index (χ4n) is 12.9. The minimum atomic E-state index is 0.0856. The average Bonchev–Trinajstić information content (AvgIpc) is 3.94. The molecule has 2 saturated carbocycles. The van der Waals surface area contributed by atoms with Crippen LogP contribution in [0, 0.1) is 0 Å². The van der Waals surface area contributed by atoms with Gasteiger partial charge < -0.3 is 9.80 Å². The van der Waals surface area contributed by atoms with Gasteiger partial charge >= 0.3 is 0 Å². The van der Waals surface area contributed by atoms with Crippen molar-refractivity contribution in [3.8, 4) is 22.3 Å². The van der Waals surface area contributed by atoms with E-state index in [1.165, 1.54) is 136 Å². The fourth-order valence-corrected chi connectivity index (χ4v) is 12.9. The molecule has 0 unspecified atom stereocenters. The third kappa shape index (κ3) is 3.89. The number of fused-ring (bicyclic) bond motifs is 15. The lowest BCUT2D eigenvalue weighted by molar-refractivity contribution is 0.353. The van der Waals surface area contributed by atoms with Gasteiger partial charge in [-0.05, 0) is 135 Å². The highest BCUT2D eigenvalue weighted by Gasteiger charge is 2.51. The lowest BCUT2D eigenvalue weighted by Crippen LogP contribution is -2.62. The van der Waals surface area contributed by atoms with Crippen molar-refractivity contribution in [2.24, 2.45) is 0 Å². The van der Waals surface area contributed by atoms with Crippen molar-refractivity contribution in [1.29, 1.82) is 0 Å². The summed E-state index contributed by atoms with van der Waals surface area (Å²) in [7, 11) is 0. The molecule has 0 aromatic heterocycles. The Balaban J connectivity index is 1.13. The average molecular weight is 719 g/mol. The molecule has 2 spiro atoms. The maximum atomic E-state index is 2.67. The zero-order valence-corrected chi connectivity index (χ0v) is 31.8. The molecule has 268 valence electrons. The van der Waals surface area contributed by atoms with E-state index in [-0.39, 0.29) is 17.5 Å². The maximum absolute atomic E-state index is 2.67. The van der Waals surface area contributed by atoms with Crippen molar-refractivity contribution in [1.82, 2.24) is 0 Å². The molecule has 2 nitrogen and oxygen atoms in total. The van der Waals surface area contributed by atoms with Crippen LogP contribution < -0.4 is 26.2 Å². The van der Waals surface area contributed by atoms with E-state index in [2.05, 4.69) is 161 Å². The van der Waals surface area contributed by atoms with Crippen LogP contribution in [-0.2, 0) is 10.8 Å². The molecular weight excluding hydrogens is 675 g/mol. The van der Waals surface area contributed by atoms with Gasteiger partial charge in [0.05, 0.1) is 0 Å². The van der Waals surface area contributed by atoms with E-state index < -0.39 is 0 Å². The van der Waals surface area contributed by atoms with Gasteiger partial charge in [0, 0.05) is 45.0 Å². The number of benzene rings is 7. The Morgan fingerprint density at radius 2 is 0.946 bits per heavy atom. The molecule has 2 aliphatic heterocycles. The van der Waals surface area contributed by atoms with E-state index in [0.717, 1.165) is 0 Å². The number of hydrogen-bond acceptors (Lipinski definition) is 2. The summed E-state index contributed by atoms with van der Waals surface area (Å²) < 4.78 is 0.